The van der Waals surface area contributed by atoms with Crippen LogP contribution in [0.1, 0.15) is 28.3 Å². The Kier molecular flexibility index (Phi) is 4.51. The molecule has 0 aromatic heterocycles. The van der Waals surface area contributed by atoms with Crippen LogP contribution in [0.15, 0.2) is 53.4 Å². The normalized spacial score (nSPS) is 19.8. The van der Waals surface area contributed by atoms with Gasteiger partial charge in [-0.1, -0.05) is 12.1 Å². The molecule has 9 heteroatoms. The lowest BCUT2D eigenvalue weighted by atomic mass is 10.1. The molecule has 1 fully saturated rings. The topological polar surface area (TPSA) is 63.2 Å². The standard InChI is InChI=1S/C17H13F4NO3S/c18-12-5-1-10(2-6-12)14-9-15(14)22-16(23)11-3-7-13(8-4-11)26(24,25)17(19,20)21/h1-8,14-15H,9H2,(H,22,23)/t14-,15+/m0/s1. The van der Waals surface area contributed by atoms with Crippen LogP contribution in [0.4, 0.5) is 17.6 Å². The lowest BCUT2D eigenvalue weighted by molar-refractivity contribution is -0.0436. The van der Waals surface area contributed by atoms with Gasteiger partial charge in [0.25, 0.3) is 15.7 Å². The highest BCUT2D eigenvalue weighted by Gasteiger charge is 2.46. The summed E-state index contributed by atoms with van der Waals surface area (Å²) in [5.74, 6) is -0.830. The van der Waals surface area contributed by atoms with E-state index in [0.717, 1.165) is 29.8 Å². The second-order valence-corrected chi connectivity index (χ2v) is 7.89. The van der Waals surface area contributed by atoms with Crippen LogP contribution in [0, 0.1) is 5.82 Å². The van der Waals surface area contributed by atoms with Gasteiger partial charge in [0.15, 0.2) is 0 Å². The Hall–Kier alpha value is -2.42. The van der Waals surface area contributed by atoms with Gasteiger partial charge >= 0.3 is 5.51 Å². The predicted octanol–water partition coefficient (Wildman–Crippen LogP) is 3.41. The molecular weight excluding hydrogens is 374 g/mol. The smallest absolute Gasteiger partial charge is 0.349 e. The van der Waals surface area contributed by atoms with E-state index in [4.69, 9.17) is 0 Å². The van der Waals surface area contributed by atoms with E-state index in [1.807, 2.05) is 0 Å². The molecule has 1 N–H and O–H groups in total. The van der Waals surface area contributed by atoms with Crippen molar-refractivity contribution in [3.05, 3.63) is 65.5 Å². The third-order valence-corrected chi connectivity index (χ3v) is 5.64. The summed E-state index contributed by atoms with van der Waals surface area (Å²) in [6.07, 6.45) is 0.665. The summed E-state index contributed by atoms with van der Waals surface area (Å²) in [6, 6.07) is 9.31. The summed E-state index contributed by atoms with van der Waals surface area (Å²) in [5, 5.41) is 2.72. The van der Waals surface area contributed by atoms with E-state index in [9.17, 15) is 30.8 Å². The first-order valence-electron chi connectivity index (χ1n) is 7.57. The average molecular weight is 387 g/mol. The van der Waals surface area contributed by atoms with Gasteiger partial charge in [-0.25, -0.2) is 12.8 Å². The van der Waals surface area contributed by atoms with Gasteiger partial charge in [-0.3, -0.25) is 4.79 Å². The Balaban J connectivity index is 1.66. The molecule has 0 unspecified atom stereocenters. The molecule has 1 aliphatic carbocycles. The van der Waals surface area contributed by atoms with Gasteiger partial charge in [-0.2, -0.15) is 13.2 Å². The Labute approximate surface area is 146 Å². The summed E-state index contributed by atoms with van der Waals surface area (Å²) < 4.78 is 73.0. The maximum atomic E-state index is 12.9. The van der Waals surface area contributed by atoms with Crippen LogP contribution in [0.3, 0.4) is 0 Å². The van der Waals surface area contributed by atoms with Gasteiger partial charge in [-0.05, 0) is 48.4 Å². The molecule has 3 rings (SSSR count). The fraction of sp³-hybridized carbons (Fsp3) is 0.235. The van der Waals surface area contributed by atoms with Crippen molar-refractivity contribution in [2.45, 2.75) is 28.8 Å². The molecule has 26 heavy (non-hydrogen) atoms. The number of amides is 1. The molecular formula is C17H13F4NO3S. The number of alkyl halides is 3. The van der Waals surface area contributed by atoms with Crippen molar-refractivity contribution in [2.24, 2.45) is 0 Å². The van der Waals surface area contributed by atoms with E-state index < -0.39 is 26.1 Å². The average Bonchev–Trinajstić information content (AvgIpc) is 3.33. The van der Waals surface area contributed by atoms with E-state index in [1.165, 1.54) is 12.1 Å². The molecule has 1 saturated carbocycles. The first kappa shape index (κ1) is 18.4. The first-order valence-corrected chi connectivity index (χ1v) is 9.05. The van der Waals surface area contributed by atoms with Crippen molar-refractivity contribution in [1.82, 2.24) is 5.32 Å². The lowest BCUT2D eigenvalue weighted by Gasteiger charge is -2.09. The van der Waals surface area contributed by atoms with Crippen molar-refractivity contribution in [3.8, 4) is 0 Å². The molecule has 1 aliphatic rings. The molecule has 0 radical (unpaired) electrons. The van der Waals surface area contributed by atoms with Gasteiger partial charge in [0.2, 0.25) is 0 Å². The zero-order valence-electron chi connectivity index (χ0n) is 13.1. The van der Waals surface area contributed by atoms with Crippen molar-refractivity contribution in [1.29, 1.82) is 0 Å². The van der Waals surface area contributed by atoms with Gasteiger partial charge < -0.3 is 5.32 Å². The maximum Gasteiger partial charge on any atom is 0.501 e. The van der Waals surface area contributed by atoms with Gasteiger partial charge in [-0.15, -0.1) is 0 Å². The predicted molar refractivity (Wildman–Crippen MR) is 84.7 cm³/mol. The second kappa shape index (κ2) is 6.39. The molecule has 0 heterocycles. The van der Waals surface area contributed by atoms with E-state index in [2.05, 4.69) is 5.32 Å². The molecule has 4 nitrogen and oxygen atoms in total. The van der Waals surface area contributed by atoms with Crippen molar-refractivity contribution in [3.63, 3.8) is 0 Å². The van der Waals surface area contributed by atoms with Crippen LogP contribution < -0.4 is 5.32 Å². The fourth-order valence-electron chi connectivity index (χ4n) is 2.60. The van der Waals surface area contributed by atoms with Crippen LogP contribution in [0.5, 0.6) is 0 Å². The highest BCUT2D eigenvalue weighted by molar-refractivity contribution is 7.92. The maximum absolute atomic E-state index is 12.9. The number of hydrogen-bond acceptors (Lipinski definition) is 3. The minimum atomic E-state index is -5.44. The number of hydrogen-bond donors (Lipinski definition) is 1. The van der Waals surface area contributed by atoms with Crippen LogP contribution in [0.25, 0.3) is 0 Å². The molecule has 2 atom stereocenters. The Bertz CT molecular complexity index is 922. The van der Waals surface area contributed by atoms with Crippen molar-refractivity contribution in [2.75, 3.05) is 0 Å². The fourth-order valence-corrected chi connectivity index (χ4v) is 3.37. The first-order chi connectivity index (χ1) is 12.1. The van der Waals surface area contributed by atoms with Crippen LogP contribution in [0.2, 0.25) is 0 Å². The second-order valence-electron chi connectivity index (χ2n) is 5.95. The zero-order valence-corrected chi connectivity index (χ0v) is 13.9. The highest BCUT2D eigenvalue weighted by Crippen LogP contribution is 2.41. The van der Waals surface area contributed by atoms with Crippen LogP contribution in [-0.4, -0.2) is 25.9 Å². The molecule has 0 bridgehead atoms. The van der Waals surface area contributed by atoms with E-state index in [0.29, 0.717) is 6.42 Å². The SMILES string of the molecule is O=C(N[C@@H]1C[C@H]1c1ccc(F)cc1)c1ccc(S(=O)(=O)C(F)(F)F)cc1. The molecule has 1 amide bonds. The van der Waals surface area contributed by atoms with E-state index >= 15 is 0 Å². The summed E-state index contributed by atoms with van der Waals surface area (Å²) in [7, 11) is -5.44. The number of halogens is 4. The Morgan fingerprint density at radius 2 is 1.58 bits per heavy atom. The largest absolute Gasteiger partial charge is 0.501 e. The molecule has 2 aromatic carbocycles. The monoisotopic (exact) mass is 387 g/mol. The Morgan fingerprint density at radius 3 is 2.12 bits per heavy atom. The van der Waals surface area contributed by atoms with Crippen LogP contribution >= 0.6 is 0 Å². The number of benzene rings is 2. The lowest BCUT2D eigenvalue weighted by Crippen LogP contribution is -2.27. The summed E-state index contributed by atoms with van der Waals surface area (Å²) in [5.41, 5.74) is -4.47. The van der Waals surface area contributed by atoms with E-state index in [1.54, 1.807) is 12.1 Å². The number of carbonyl (C=O) groups excluding carboxylic acids is 1. The molecule has 0 saturated heterocycles. The van der Waals surface area contributed by atoms with Gasteiger partial charge in [0.05, 0.1) is 4.90 Å². The summed E-state index contributed by atoms with van der Waals surface area (Å²) in [6.45, 7) is 0. The third kappa shape index (κ3) is 3.57. The summed E-state index contributed by atoms with van der Waals surface area (Å²) in [4.78, 5) is 11.2. The number of carbonyl (C=O) groups is 1. The van der Waals surface area contributed by atoms with Gasteiger partial charge in [0.1, 0.15) is 5.82 Å². The Morgan fingerprint density at radius 1 is 1.00 bits per heavy atom. The minimum absolute atomic E-state index is 0.0458. The van der Waals surface area contributed by atoms with Crippen molar-refractivity contribution >= 4 is 15.7 Å². The third-order valence-electron chi connectivity index (χ3n) is 4.14. The minimum Gasteiger partial charge on any atom is -0.349 e. The molecule has 0 spiro atoms. The number of nitrogens with one attached hydrogen (secondary N) is 1. The number of sulfone groups is 1. The zero-order chi connectivity index (χ0) is 19.1. The van der Waals surface area contributed by atoms with Crippen molar-refractivity contribution < 1.29 is 30.8 Å². The quantitative estimate of drug-likeness (QED) is 0.818. The molecule has 0 aliphatic heterocycles. The van der Waals surface area contributed by atoms with E-state index in [-0.39, 0.29) is 23.3 Å². The molecule has 2 aromatic rings. The number of rotatable bonds is 4. The molecule has 138 valence electrons. The van der Waals surface area contributed by atoms with Gasteiger partial charge in [0, 0.05) is 17.5 Å². The summed E-state index contributed by atoms with van der Waals surface area (Å²) >= 11 is 0. The highest BCUT2D eigenvalue weighted by atomic mass is 32.2. The van der Waals surface area contributed by atoms with Crippen LogP contribution in [-0.2, 0) is 9.84 Å².